The quantitative estimate of drug-likeness (QED) is 0.825. The van der Waals surface area contributed by atoms with Crippen LogP contribution in [0.4, 0.5) is 0 Å². The number of nitrogens with one attached hydrogen (secondary N) is 1. The molecule has 20 heavy (non-hydrogen) atoms. The topological polar surface area (TPSA) is 15.3 Å². The second-order valence-corrected chi connectivity index (χ2v) is 8.70. The van der Waals surface area contributed by atoms with Gasteiger partial charge in [0, 0.05) is 24.7 Å². The van der Waals surface area contributed by atoms with Crippen molar-refractivity contribution in [3.8, 4) is 0 Å². The number of hydrogen-bond acceptors (Lipinski definition) is 2. The molecule has 1 N–H and O–H groups in total. The van der Waals surface area contributed by atoms with E-state index in [9.17, 15) is 0 Å². The largest absolute Gasteiger partial charge is 0.314 e. The Morgan fingerprint density at radius 3 is 2.00 bits per heavy atom. The Kier molecular flexibility index (Phi) is 3.70. The van der Waals surface area contributed by atoms with Gasteiger partial charge in [0.15, 0.2) is 0 Å². The van der Waals surface area contributed by atoms with E-state index >= 15 is 0 Å². The van der Waals surface area contributed by atoms with E-state index in [1.54, 1.807) is 0 Å². The molecular formula is C18H34N2. The van der Waals surface area contributed by atoms with E-state index in [1.165, 1.54) is 45.2 Å². The van der Waals surface area contributed by atoms with Crippen molar-refractivity contribution in [2.75, 3.05) is 13.1 Å². The summed E-state index contributed by atoms with van der Waals surface area (Å²) in [4.78, 5) is 2.89. The van der Waals surface area contributed by atoms with E-state index in [0.717, 1.165) is 24.0 Å². The summed E-state index contributed by atoms with van der Waals surface area (Å²) in [6.45, 7) is 14.7. The van der Waals surface area contributed by atoms with Crippen molar-refractivity contribution >= 4 is 0 Å². The van der Waals surface area contributed by atoms with Crippen LogP contribution in [-0.4, -0.2) is 36.1 Å². The van der Waals surface area contributed by atoms with Crippen LogP contribution >= 0.6 is 0 Å². The van der Waals surface area contributed by atoms with Crippen molar-refractivity contribution < 1.29 is 0 Å². The minimum Gasteiger partial charge on any atom is -0.314 e. The zero-order valence-corrected chi connectivity index (χ0v) is 14.2. The van der Waals surface area contributed by atoms with Gasteiger partial charge in [-0.15, -0.1) is 0 Å². The van der Waals surface area contributed by atoms with Gasteiger partial charge in [-0.2, -0.15) is 0 Å². The van der Waals surface area contributed by atoms with E-state index in [0.29, 0.717) is 10.8 Å². The Balaban J connectivity index is 1.58. The molecule has 0 aromatic rings. The van der Waals surface area contributed by atoms with Crippen molar-refractivity contribution in [3.05, 3.63) is 0 Å². The van der Waals surface area contributed by atoms with E-state index in [1.807, 2.05) is 0 Å². The second-order valence-electron chi connectivity index (χ2n) is 8.70. The standard InChI is InChI=1S/C18H34N2/c1-6-9-19-13-10-14-7-8-15(11-13)20(14)12-16-17(2,3)18(16,4)5/h13-16,19H,6-12H2,1-5H3. The average Bonchev–Trinajstić information content (AvgIpc) is 2.63. The predicted octanol–water partition coefficient (Wildman–Crippen LogP) is 3.66. The maximum atomic E-state index is 3.77. The summed E-state index contributed by atoms with van der Waals surface area (Å²) in [5, 5.41) is 3.77. The Labute approximate surface area is 125 Å². The third-order valence-corrected chi connectivity index (χ3v) is 7.28. The zero-order valence-electron chi connectivity index (χ0n) is 14.2. The first kappa shape index (κ1) is 14.8. The van der Waals surface area contributed by atoms with Crippen LogP contribution in [0.5, 0.6) is 0 Å². The lowest BCUT2D eigenvalue weighted by atomic mass is 9.96. The molecule has 3 fully saturated rings. The van der Waals surface area contributed by atoms with Crippen LogP contribution in [0, 0.1) is 16.7 Å². The second kappa shape index (κ2) is 4.98. The highest BCUT2D eigenvalue weighted by Crippen LogP contribution is 2.68. The summed E-state index contributed by atoms with van der Waals surface area (Å²) in [6, 6.07) is 2.54. The Bertz CT molecular complexity index is 332. The molecule has 1 aliphatic carbocycles. The zero-order chi connectivity index (χ0) is 14.5. The number of hydrogen-bond donors (Lipinski definition) is 1. The van der Waals surface area contributed by atoms with Crippen LogP contribution in [0.1, 0.15) is 66.7 Å². The number of fused-ring (bicyclic) bond motifs is 2. The van der Waals surface area contributed by atoms with Crippen LogP contribution in [0.2, 0.25) is 0 Å². The summed E-state index contributed by atoms with van der Waals surface area (Å²) in [5.74, 6) is 0.901. The number of nitrogens with zero attached hydrogens (tertiary/aromatic N) is 1. The molecule has 1 saturated carbocycles. The predicted molar refractivity (Wildman–Crippen MR) is 85.9 cm³/mol. The molecule has 0 aromatic carbocycles. The van der Waals surface area contributed by atoms with Gasteiger partial charge in [0.05, 0.1) is 0 Å². The van der Waals surface area contributed by atoms with Crippen LogP contribution in [0.3, 0.4) is 0 Å². The SMILES string of the molecule is CCCNC1CC2CCC(C1)N2CC1C(C)(C)C1(C)C. The van der Waals surface area contributed by atoms with E-state index in [-0.39, 0.29) is 0 Å². The van der Waals surface area contributed by atoms with Gasteiger partial charge in [-0.3, -0.25) is 4.90 Å². The van der Waals surface area contributed by atoms with Crippen molar-refractivity contribution in [1.82, 2.24) is 10.2 Å². The molecule has 0 amide bonds. The maximum Gasteiger partial charge on any atom is 0.0114 e. The molecule has 0 aromatic heterocycles. The van der Waals surface area contributed by atoms with E-state index < -0.39 is 0 Å². The van der Waals surface area contributed by atoms with Gasteiger partial charge in [0.2, 0.25) is 0 Å². The molecule has 0 spiro atoms. The van der Waals surface area contributed by atoms with Gasteiger partial charge in [-0.1, -0.05) is 34.6 Å². The van der Waals surface area contributed by atoms with E-state index in [4.69, 9.17) is 0 Å². The number of piperidine rings is 1. The highest BCUT2D eigenvalue weighted by atomic mass is 15.2. The monoisotopic (exact) mass is 278 g/mol. The highest BCUT2D eigenvalue weighted by molar-refractivity contribution is 5.14. The summed E-state index contributed by atoms with van der Waals surface area (Å²) in [7, 11) is 0. The number of rotatable bonds is 5. The van der Waals surface area contributed by atoms with Crippen molar-refractivity contribution in [1.29, 1.82) is 0 Å². The van der Waals surface area contributed by atoms with Crippen molar-refractivity contribution in [2.45, 2.75) is 84.8 Å². The van der Waals surface area contributed by atoms with Gasteiger partial charge in [0.25, 0.3) is 0 Å². The summed E-state index contributed by atoms with van der Waals surface area (Å²) in [6.07, 6.45) is 6.94. The lowest BCUT2D eigenvalue weighted by Gasteiger charge is -2.40. The van der Waals surface area contributed by atoms with Crippen LogP contribution in [0.25, 0.3) is 0 Å². The fourth-order valence-electron chi connectivity index (χ4n) is 5.09. The Hall–Kier alpha value is -0.0800. The molecule has 116 valence electrons. The highest BCUT2D eigenvalue weighted by Gasteiger charge is 2.65. The third kappa shape index (κ3) is 2.23. The molecule has 3 aliphatic rings. The maximum absolute atomic E-state index is 3.77. The third-order valence-electron chi connectivity index (χ3n) is 7.28. The summed E-state index contributed by atoms with van der Waals surface area (Å²) < 4.78 is 0. The lowest BCUT2D eigenvalue weighted by molar-refractivity contribution is 0.105. The summed E-state index contributed by atoms with van der Waals surface area (Å²) in [5.41, 5.74) is 1.09. The minimum atomic E-state index is 0.545. The van der Waals surface area contributed by atoms with Gasteiger partial charge in [-0.25, -0.2) is 0 Å². The normalized spacial score (nSPS) is 39.1. The molecule has 2 bridgehead atoms. The molecule has 2 aliphatic heterocycles. The van der Waals surface area contributed by atoms with Gasteiger partial charge in [-0.05, 0) is 55.4 Å². The molecule has 3 rings (SSSR count). The Morgan fingerprint density at radius 2 is 1.55 bits per heavy atom. The smallest absolute Gasteiger partial charge is 0.0114 e. The first-order valence-corrected chi connectivity index (χ1v) is 8.87. The molecular weight excluding hydrogens is 244 g/mol. The molecule has 2 heterocycles. The first-order valence-electron chi connectivity index (χ1n) is 8.87. The minimum absolute atomic E-state index is 0.545. The van der Waals surface area contributed by atoms with Gasteiger partial charge >= 0.3 is 0 Å². The molecule has 2 saturated heterocycles. The first-order chi connectivity index (χ1) is 9.38. The molecule has 2 heteroatoms. The van der Waals surface area contributed by atoms with Crippen LogP contribution in [-0.2, 0) is 0 Å². The molecule has 0 radical (unpaired) electrons. The van der Waals surface area contributed by atoms with Crippen molar-refractivity contribution in [2.24, 2.45) is 16.7 Å². The van der Waals surface area contributed by atoms with Gasteiger partial charge < -0.3 is 5.32 Å². The van der Waals surface area contributed by atoms with Crippen LogP contribution < -0.4 is 5.32 Å². The average molecular weight is 278 g/mol. The molecule has 2 atom stereocenters. The molecule has 2 unspecified atom stereocenters. The summed E-state index contributed by atoms with van der Waals surface area (Å²) >= 11 is 0. The fraction of sp³-hybridized carbons (Fsp3) is 1.00. The fourth-order valence-corrected chi connectivity index (χ4v) is 5.09. The van der Waals surface area contributed by atoms with Crippen LogP contribution in [0.15, 0.2) is 0 Å². The van der Waals surface area contributed by atoms with E-state index in [2.05, 4.69) is 44.8 Å². The van der Waals surface area contributed by atoms with Gasteiger partial charge in [0.1, 0.15) is 0 Å². The van der Waals surface area contributed by atoms with Crippen molar-refractivity contribution in [3.63, 3.8) is 0 Å². The lowest BCUT2D eigenvalue weighted by Crippen LogP contribution is -2.50. The molecule has 2 nitrogen and oxygen atoms in total. The Morgan fingerprint density at radius 1 is 1.00 bits per heavy atom.